The van der Waals surface area contributed by atoms with Crippen molar-refractivity contribution in [2.45, 2.75) is 0 Å². The number of hydrogen-bond donors (Lipinski definition) is 0. The molecule has 0 saturated carbocycles. The minimum Gasteiger partial charge on any atom is -0.497 e. The number of hydrogen-bond acceptors (Lipinski definition) is 2. The summed E-state index contributed by atoms with van der Waals surface area (Å²) in [7, 11) is 1.65. The van der Waals surface area contributed by atoms with Crippen LogP contribution in [0.1, 0.15) is 5.56 Å². The molecule has 0 N–H and O–H groups in total. The molecule has 0 atom stereocenters. The van der Waals surface area contributed by atoms with Crippen molar-refractivity contribution in [2.75, 3.05) is 7.11 Å². The highest BCUT2D eigenvalue weighted by atomic mass is 16.5. The molecule has 2 aromatic rings. The third kappa shape index (κ3) is 1.35. The van der Waals surface area contributed by atoms with E-state index in [1.807, 2.05) is 24.3 Å². The largest absolute Gasteiger partial charge is 0.497 e. The molecule has 2 heteroatoms. The predicted molar refractivity (Wildman–Crippen MR) is 52.8 cm³/mol. The quantitative estimate of drug-likeness (QED) is 0.659. The lowest BCUT2D eigenvalue weighted by Crippen LogP contribution is -1.85. The number of aromatic nitrogens is 1. The molecular formula is C11H10NO. The minimum atomic E-state index is 0.825. The topological polar surface area (TPSA) is 22.1 Å². The Kier molecular flexibility index (Phi) is 1.89. The summed E-state index contributed by atoms with van der Waals surface area (Å²) in [5.74, 6) is 0.825. The van der Waals surface area contributed by atoms with Gasteiger partial charge in [-0.3, -0.25) is 4.98 Å². The Morgan fingerprint density at radius 2 is 2.15 bits per heavy atom. The van der Waals surface area contributed by atoms with Gasteiger partial charge in [-0.2, -0.15) is 0 Å². The van der Waals surface area contributed by atoms with Crippen LogP contribution in [0.15, 0.2) is 30.5 Å². The molecule has 0 bridgehead atoms. The summed E-state index contributed by atoms with van der Waals surface area (Å²) in [6, 6.07) is 7.70. The second-order valence-electron chi connectivity index (χ2n) is 2.85. The van der Waals surface area contributed by atoms with E-state index in [0.29, 0.717) is 0 Å². The predicted octanol–water partition coefficient (Wildman–Crippen LogP) is 2.43. The molecule has 65 valence electrons. The number of nitrogens with zero attached hydrogens (tertiary/aromatic N) is 1. The van der Waals surface area contributed by atoms with E-state index in [4.69, 9.17) is 4.74 Å². The molecule has 1 aromatic carbocycles. The van der Waals surface area contributed by atoms with Gasteiger partial charge in [0.15, 0.2) is 0 Å². The Bertz CT molecular complexity index is 437. The molecule has 2 rings (SSSR count). The molecule has 2 nitrogen and oxygen atoms in total. The zero-order valence-electron chi connectivity index (χ0n) is 7.45. The lowest BCUT2D eigenvalue weighted by atomic mass is 10.1. The average molecular weight is 172 g/mol. The second-order valence-corrected chi connectivity index (χ2v) is 2.85. The Hall–Kier alpha value is -1.57. The molecule has 13 heavy (non-hydrogen) atoms. The third-order valence-corrected chi connectivity index (χ3v) is 2.04. The minimum absolute atomic E-state index is 0.825. The van der Waals surface area contributed by atoms with Gasteiger partial charge in [-0.05, 0) is 30.7 Å². The van der Waals surface area contributed by atoms with E-state index in [1.165, 1.54) is 0 Å². The van der Waals surface area contributed by atoms with Gasteiger partial charge in [0.25, 0.3) is 0 Å². The lowest BCUT2D eigenvalue weighted by molar-refractivity contribution is 0.415. The highest BCUT2D eigenvalue weighted by molar-refractivity contribution is 5.83. The summed E-state index contributed by atoms with van der Waals surface area (Å²) in [4.78, 5) is 4.23. The molecular weight excluding hydrogens is 162 g/mol. The lowest BCUT2D eigenvalue weighted by Gasteiger charge is -2.03. The van der Waals surface area contributed by atoms with Gasteiger partial charge in [-0.1, -0.05) is 0 Å². The van der Waals surface area contributed by atoms with Crippen LogP contribution in [-0.4, -0.2) is 12.1 Å². The molecule has 0 fully saturated rings. The maximum Gasteiger partial charge on any atom is 0.121 e. The van der Waals surface area contributed by atoms with Gasteiger partial charge in [-0.15, -0.1) is 0 Å². The SMILES string of the molecule is [CH2]c1ccnc2cc(OC)ccc12. The summed E-state index contributed by atoms with van der Waals surface area (Å²) in [6.07, 6.45) is 1.75. The average Bonchev–Trinajstić information content (AvgIpc) is 2.18. The first kappa shape index (κ1) is 8.05. The number of rotatable bonds is 1. The van der Waals surface area contributed by atoms with Crippen molar-refractivity contribution in [2.24, 2.45) is 0 Å². The van der Waals surface area contributed by atoms with Crippen molar-refractivity contribution >= 4 is 10.9 Å². The third-order valence-electron chi connectivity index (χ3n) is 2.04. The Labute approximate surface area is 77.2 Å². The summed E-state index contributed by atoms with van der Waals surface area (Å²) in [6.45, 7) is 3.92. The van der Waals surface area contributed by atoms with Crippen LogP contribution in [0.3, 0.4) is 0 Å². The molecule has 1 heterocycles. The summed E-state index contributed by atoms with van der Waals surface area (Å²) < 4.78 is 5.10. The molecule has 1 radical (unpaired) electrons. The van der Waals surface area contributed by atoms with E-state index in [-0.39, 0.29) is 0 Å². The van der Waals surface area contributed by atoms with Gasteiger partial charge in [-0.25, -0.2) is 0 Å². The smallest absolute Gasteiger partial charge is 0.121 e. The maximum absolute atomic E-state index is 5.10. The van der Waals surface area contributed by atoms with Crippen LogP contribution in [0.2, 0.25) is 0 Å². The number of pyridine rings is 1. The van der Waals surface area contributed by atoms with Gasteiger partial charge in [0.2, 0.25) is 0 Å². The maximum atomic E-state index is 5.10. The van der Waals surface area contributed by atoms with Gasteiger partial charge in [0.05, 0.1) is 12.6 Å². The van der Waals surface area contributed by atoms with Crippen LogP contribution >= 0.6 is 0 Å². The second kappa shape index (κ2) is 3.05. The van der Waals surface area contributed by atoms with Crippen molar-refractivity contribution in [3.8, 4) is 5.75 Å². The van der Waals surface area contributed by atoms with Crippen LogP contribution in [0.4, 0.5) is 0 Å². The summed E-state index contributed by atoms with van der Waals surface area (Å²) in [5, 5.41) is 1.07. The highest BCUT2D eigenvalue weighted by Gasteiger charge is 1.98. The van der Waals surface area contributed by atoms with Gasteiger partial charge in [0, 0.05) is 17.6 Å². The fourth-order valence-corrected chi connectivity index (χ4v) is 1.31. The van der Waals surface area contributed by atoms with Gasteiger partial charge in [0.1, 0.15) is 5.75 Å². The first-order valence-corrected chi connectivity index (χ1v) is 4.06. The first-order chi connectivity index (χ1) is 6.31. The number of ether oxygens (including phenoxy) is 1. The zero-order valence-corrected chi connectivity index (χ0v) is 7.45. The molecule has 0 aliphatic heterocycles. The fourth-order valence-electron chi connectivity index (χ4n) is 1.31. The van der Waals surface area contributed by atoms with E-state index in [9.17, 15) is 0 Å². The number of methoxy groups -OCH3 is 1. The Balaban J connectivity index is 2.72. The van der Waals surface area contributed by atoms with E-state index in [2.05, 4.69) is 11.9 Å². The van der Waals surface area contributed by atoms with E-state index >= 15 is 0 Å². The zero-order chi connectivity index (χ0) is 9.26. The van der Waals surface area contributed by atoms with Crippen molar-refractivity contribution in [1.29, 1.82) is 0 Å². The number of fused-ring (bicyclic) bond motifs is 1. The molecule has 0 aliphatic rings. The first-order valence-electron chi connectivity index (χ1n) is 4.06. The van der Waals surface area contributed by atoms with E-state index < -0.39 is 0 Å². The van der Waals surface area contributed by atoms with Crippen LogP contribution < -0.4 is 4.74 Å². The molecule has 0 aliphatic carbocycles. The standard InChI is InChI=1S/C11H10NO/c1-8-5-6-12-11-7-9(13-2)3-4-10(8)11/h3-7H,1H2,2H3. The summed E-state index contributed by atoms with van der Waals surface area (Å²) >= 11 is 0. The molecule has 1 aromatic heterocycles. The van der Waals surface area contributed by atoms with Crippen molar-refractivity contribution in [3.63, 3.8) is 0 Å². The Morgan fingerprint density at radius 3 is 2.92 bits per heavy atom. The fraction of sp³-hybridized carbons (Fsp3) is 0.0909. The number of benzene rings is 1. The van der Waals surface area contributed by atoms with Gasteiger partial charge >= 0.3 is 0 Å². The van der Waals surface area contributed by atoms with Crippen molar-refractivity contribution < 1.29 is 4.74 Å². The van der Waals surface area contributed by atoms with Crippen LogP contribution in [0, 0.1) is 6.92 Å². The normalized spacial score (nSPS) is 10.3. The van der Waals surface area contributed by atoms with Crippen LogP contribution in [0.5, 0.6) is 5.75 Å². The van der Waals surface area contributed by atoms with E-state index in [1.54, 1.807) is 13.3 Å². The molecule has 0 unspecified atom stereocenters. The van der Waals surface area contributed by atoms with Crippen molar-refractivity contribution in [3.05, 3.63) is 42.9 Å². The molecule has 0 amide bonds. The Morgan fingerprint density at radius 1 is 1.31 bits per heavy atom. The van der Waals surface area contributed by atoms with Crippen LogP contribution in [0.25, 0.3) is 10.9 Å². The van der Waals surface area contributed by atoms with Crippen molar-refractivity contribution in [1.82, 2.24) is 4.98 Å². The van der Waals surface area contributed by atoms with Crippen LogP contribution in [-0.2, 0) is 0 Å². The summed E-state index contributed by atoms with van der Waals surface area (Å²) in [5.41, 5.74) is 1.92. The molecule has 0 saturated heterocycles. The molecule has 0 spiro atoms. The van der Waals surface area contributed by atoms with Gasteiger partial charge < -0.3 is 4.74 Å². The highest BCUT2D eigenvalue weighted by Crippen LogP contribution is 2.20. The monoisotopic (exact) mass is 172 g/mol. The van der Waals surface area contributed by atoms with E-state index in [0.717, 1.165) is 22.2 Å².